The van der Waals surface area contributed by atoms with Crippen LogP contribution < -0.4 is 10.1 Å². The van der Waals surface area contributed by atoms with Crippen LogP contribution in [0.5, 0.6) is 5.75 Å². The van der Waals surface area contributed by atoms with Crippen LogP contribution in [0, 0.1) is 0 Å². The molecular formula is C13H9BrF3N3O4S. The molecule has 1 aliphatic rings. The fourth-order valence-corrected chi connectivity index (χ4v) is 3.15. The highest BCUT2D eigenvalue weighted by molar-refractivity contribution is 9.10. The summed E-state index contributed by atoms with van der Waals surface area (Å²) >= 11 is 3.96. The van der Waals surface area contributed by atoms with Crippen molar-refractivity contribution >= 4 is 51.0 Å². The number of carbonyl (C=O) groups excluding carboxylic acids is 1. The van der Waals surface area contributed by atoms with Crippen LogP contribution >= 0.6 is 27.7 Å². The Morgan fingerprint density at radius 1 is 1.44 bits per heavy atom. The fourth-order valence-electron chi connectivity index (χ4n) is 1.74. The summed E-state index contributed by atoms with van der Waals surface area (Å²) in [6.45, 7) is 0. The quantitative estimate of drug-likeness (QED) is 0.542. The van der Waals surface area contributed by atoms with Crippen LogP contribution in [0.3, 0.4) is 0 Å². The summed E-state index contributed by atoms with van der Waals surface area (Å²) in [5, 5.41) is 17.7. The van der Waals surface area contributed by atoms with E-state index in [0.717, 1.165) is 30.1 Å². The lowest BCUT2D eigenvalue weighted by Crippen LogP contribution is -2.26. The molecule has 0 saturated carbocycles. The molecule has 1 atom stereocenters. The summed E-state index contributed by atoms with van der Waals surface area (Å²) in [4.78, 5) is 22.1. The molecule has 134 valence electrons. The van der Waals surface area contributed by atoms with Gasteiger partial charge in [0.1, 0.15) is 11.0 Å². The zero-order valence-corrected chi connectivity index (χ0v) is 14.5. The predicted octanol–water partition coefficient (Wildman–Crippen LogP) is 2.74. The van der Waals surface area contributed by atoms with Crippen molar-refractivity contribution in [2.75, 3.05) is 0 Å². The number of carbonyl (C=O) groups is 2. The number of amidine groups is 1. The predicted molar refractivity (Wildman–Crippen MR) is 87.6 cm³/mol. The minimum Gasteiger partial charge on any atom is -0.481 e. The van der Waals surface area contributed by atoms with Crippen molar-refractivity contribution in [1.29, 1.82) is 0 Å². The van der Waals surface area contributed by atoms with E-state index in [9.17, 15) is 22.8 Å². The third-order valence-corrected chi connectivity index (χ3v) is 4.15. The van der Waals surface area contributed by atoms with Gasteiger partial charge in [0.15, 0.2) is 5.17 Å². The van der Waals surface area contributed by atoms with Gasteiger partial charge in [0.25, 0.3) is 0 Å². The largest absolute Gasteiger partial charge is 0.573 e. The minimum absolute atomic E-state index is 0.106. The van der Waals surface area contributed by atoms with Gasteiger partial charge >= 0.3 is 12.3 Å². The number of carboxylic acid groups (broad SMARTS) is 1. The lowest BCUT2D eigenvalue weighted by molar-refractivity contribution is -0.274. The van der Waals surface area contributed by atoms with Crippen molar-refractivity contribution in [2.45, 2.75) is 18.0 Å². The molecule has 1 aliphatic heterocycles. The van der Waals surface area contributed by atoms with Crippen molar-refractivity contribution in [3.63, 3.8) is 0 Å². The average Bonchev–Trinajstić information content (AvgIpc) is 2.75. The van der Waals surface area contributed by atoms with Crippen LogP contribution in [-0.4, -0.2) is 40.0 Å². The minimum atomic E-state index is -4.82. The summed E-state index contributed by atoms with van der Waals surface area (Å²) in [6.07, 6.45) is -4.01. The van der Waals surface area contributed by atoms with E-state index >= 15 is 0 Å². The average molecular weight is 440 g/mol. The molecule has 0 aromatic heterocycles. The van der Waals surface area contributed by atoms with Gasteiger partial charge in [-0.3, -0.25) is 9.59 Å². The van der Waals surface area contributed by atoms with Crippen LogP contribution in [0.15, 0.2) is 32.9 Å². The van der Waals surface area contributed by atoms with E-state index in [2.05, 4.69) is 36.2 Å². The van der Waals surface area contributed by atoms with Gasteiger partial charge in [0.2, 0.25) is 5.91 Å². The van der Waals surface area contributed by atoms with Gasteiger partial charge < -0.3 is 15.2 Å². The maximum absolute atomic E-state index is 12.2. The number of rotatable bonds is 5. The first-order valence-electron chi connectivity index (χ1n) is 6.49. The Morgan fingerprint density at radius 3 is 2.80 bits per heavy atom. The number of benzene rings is 1. The van der Waals surface area contributed by atoms with E-state index in [1.165, 1.54) is 6.07 Å². The molecular weight excluding hydrogens is 431 g/mol. The number of halogens is 4. The van der Waals surface area contributed by atoms with Crippen molar-refractivity contribution in [3.8, 4) is 5.75 Å². The number of alkyl halides is 3. The second kappa shape index (κ2) is 7.87. The Bertz CT molecular complexity index is 755. The third-order valence-electron chi connectivity index (χ3n) is 2.62. The van der Waals surface area contributed by atoms with Crippen molar-refractivity contribution in [1.82, 2.24) is 5.32 Å². The SMILES string of the molecule is O=C(O)CC1SC(=NN=Cc2cc(Br)cc(OC(F)(F)F)c2)NC1=O. The van der Waals surface area contributed by atoms with Crippen molar-refractivity contribution in [3.05, 3.63) is 28.2 Å². The number of hydrogen-bond donors (Lipinski definition) is 2. The number of ether oxygens (including phenoxy) is 1. The van der Waals surface area contributed by atoms with Gasteiger partial charge in [-0.05, 0) is 23.8 Å². The summed E-state index contributed by atoms with van der Waals surface area (Å²) in [5.74, 6) is -2.05. The number of hydrogen-bond acceptors (Lipinski definition) is 6. The number of thioether (sulfide) groups is 1. The summed E-state index contributed by atoms with van der Waals surface area (Å²) in [6, 6.07) is 3.73. The highest BCUT2D eigenvalue weighted by Crippen LogP contribution is 2.27. The topological polar surface area (TPSA) is 100 Å². The molecule has 1 aromatic carbocycles. The Kier molecular flexibility index (Phi) is 6.06. The normalized spacial score (nSPS) is 19.4. The monoisotopic (exact) mass is 439 g/mol. The van der Waals surface area contributed by atoms with Crippen LogP contribution in [-0.2, 0) is 9.59 Å². The molecule has 1 heterocycles. The second-order valence-corrected chi connectivity index (χ2v) is 6.72. The maximum Gasteiger partial charge on any atom is 0.573 e. The highest BCUT2D eigenvalue weighted by atomic mass is 79.9. The first-order valence-corrected chi connectivity index (χ1v) is 8.16. The zero-order chi connectivity index (χ0) is 18.6. The molecule has 2 rings (SSSR count). The molecule has 1 amide bonds. The van der Waals surface area contributed by atoms with Gasteiger partial charge in [-0.15, -0.1) is 18.3 Å². The van der Waals surface area contributed by atoms with Gasteiger partial charge in [0.05, 0.1) is 12.6 Å². The fraction of sp³-hybridized carbons (Fsp3) is 0.231. The third kappa shape index (κ3) is 6.38. The Balaban J connectivity index is 2.07. The van der Waals surface area contributed by atoms with Gasteiger partial charge in [-0.1, -0.05) is 27.7 Å². The molecule has 12 heteroatoms. The number of nitrogens with zero attached hydrogens (tertiary/aromatic N) is 2. The van der Waals surface area contributed by atoms with Crippen LogP contribution in [0.1, 0.15) is 12.0 Å². The van der Waals surface area contributed by atoms with Gasteiger partial charge in [0, 0.05) is 4.47 Å². The van der Waals surface area contributed by atoms with Crippen molar-refractivity contribution in [2.24, 2.45) is 10.2 Å². The Morgan fingerprint density at radius 2 is 2.16 bits per heavy atom. The molecule has 0 aliphatic carbocycles. The van der Waals surface area contributed by atoms with Gasteiger partial charge in [-0.25, -0.2) is 0 Å². The molecule has 0 bridgehead atoms. The van der Waals surface area contributed by atoms with E-state index in [1.54, 1.807) is 0 Å². The molecule has 1 aromatic rings. The van der Waals surface area contributed by atoms with E-state index in [1.807, 2.05) is 0 Å². The number of aliphatic carboxylic acids is 1. The van der Waals surface area contributed by atoms with E-state index in [0.29, 0.717) is 4.47 Å². The number of nitrogens with one attached hydrogen (secondary N) is 1. The summed E-state index contributed by atoms with van der Waals surface area (Å²) in [7, 11) is 0. The standard InChI is InChI=1S/C13H9BrF3N3O4S/c14-7-1-6(2-8(3-7)24-13(15,16)17)5-18-20-12-19-11(23)9(25-12)4-10(21)22/h1-3,5,9H,4H2,(H,21,22)(H,19,20,23). The molecule has 1 saturated heterocycles. The maximum atomic E-state index is 12.2. The van der Waals surface area contributed by atoms with E-state index in [4.69, 9.17) is 5.11 Å². The van der Waals surface area contributed by atoms with Gasteiger partial charge in [-0.2, -0.15) is 5.10 Å². The summed E-state index contributed by atoms with van der Waals surface area (Å²) < 4.78 is 40.9. The molecule has 1 fully saturated rings. The lowest BCUT2D eigenvalue weighted by atomic mass is 10.2. The Labute approximate surface area is 151 Å². The molecule has 25 heavy (non-hydrogen) atoms. The molecule has 0 radical (unpaired) electrons. The zero-order valence-electron chi connectivity index (χ0n) is 12.1. The summed E-state index contributed by atoms with van der Waals surface area (Å²) in [5.41, 5.74) is 0.273. The molecule has 2 N–H and O–H groups in total. The molecule has 1 unspecified atom stereocenters. The number of carboxylic acids is 1. The highest BCUT2D eigenvalue weighted by Gasteiger charge is 2.32. The number of amides is 1. The first-order chi connectivity index (χ1) is 11.6. The lowest BCUT2D eigenvalue weighted by Gasteiger charge is -2.09. The van der Waals surface area contributed by atoms with E-state index < -0.39 is 29.2 Å². The Hall–Kier alpha value is -2.08. The van der Waals surface area contributed by atoms with Crippen LogP contribution in [0.25, 0.3) is 0 Å². The van der Waals surface area contributed by atoms with Crippen LogP contribution in [0.4, 0.5) is 13.2 Å². The second-order valence-electron chi connectivity index (χ2n) is 4.61. The van der Waals surface area contributed by atoms with Crippen molar-refractivity contribution < 1.29 is 32.6 Å². The molecule has 0 spiro atoms. The van der Waals surface area contributed by atoms with E-state index in [-0.39, 0.29) is 17.2 Å². The smallest absolute Gasteiger partial charge is 0.481 e. The van der Waals surface area contributed by atoms with Crippen LogP contribution in [0.2, 0.25) is 0 Å². The first kappa shape index (κ1) is 19.2. The molecule has 7 nitrogen and oxygen atoms in total.